The highest BCUT2D eigenvalue weighted by atomic mass is 35.5. The Morgan fingerprint density at radius 2 is 1.88 bits per heavy atom. The number of carbonyl (C=O) groups is 3. The molecule has 3 aromatic rings. The third-order valence-electron chi connectivity index (χ3n) is 5.22. The molecule has 1 aliphatic heterocycles. The van der Waals surface area contributed by atoms with E-state index in [0.29, 0.717) is 16.4 Å². The predicted octanol–water partition coefficient (Wildman–Crippen LogP) is 4.02. The summed E-state index contributed by atoms with van der Waals surface area (Å²) < 4.78 is 6.90. The summed E-state index contributed by atoms with van der Waals surface area (Å²) in [6.45, 7) is 1.78. The first-order valence-corrected chi connectivity index (χ1v) is 10.3. The van der Waals surface area contributed by atoms with Gasteiger partial charge in [-0.3, -0.25) is 25.0 Å². The lowest BCUT2D eigenvalue weighted by atomic mass is 10.1. The van der Waals surface area contributed by atoms with E-state index in [-0.39, 0.29) is 22.7 Å². The number of methoxy groups -OCH3 is 1. The number of aromatic nitrogens is 1. The molecule has 1 saturated heterocycles. The van der Waals surface area contributed by atoms with Gasteiger partial charge in [0, 0.05) is 23.0 Å². The first-order chi connectivity index (χ1) is 16.2. The number of carbonyl (C=O) groups excluding carboxylic acids is 3. The van der Waals surface area contributed by atoms with Gasteiger partial charge in [0.2, 0.25) is 0 Å². The third kappa shape index (κ3) is 4.02. The summed E-state index contributed by atoms with van der Waals surface area (Å²) in [6, 6.07) is 11.2. The number of aryl methyl sites for hydroxylation is 1. The Morgan fingerprint density at radius 3 is 2.56 bits per heavy atom. The van der Waals surface area contributed by atoms with Crippen LogP contribution in [-0.4, -0.2) is 34.4 Å². The Labute approximate surface area is 198 Å². The number of nitrogens with one attached hydrogen (secondary N) is 1. The van der Waals surface area contributed by atoms with Crippen molar-refractivity contribution in [1.82, 2.24) is 9.88 Å². The molecule has 172 valence electrons. The number of halogens is 1. The number of nitro groups is 1. The largest absolute Gasteiger partial charge is 0.494 e. The number of nitro benzene ring substituents is 1. The van der Waals surface area contributed by atoms with E-state index in [4.69, 9.17) is 16.3 Å². The summed E-state index contributed by atoms with van der Waals surface area (Å²) in [5.74, 6) is -1.46. The Bertz CT molecular complexity index is 1390. The predicted molar refractivity (Wildman–Crippen MR) is 124 cm³/mol. The lowest BCUT2D eigenvalue weighted by molar-refractivity contribution is -0.384. The zero-order chi connectivity index (χ0) is 24.6. The second kappa shape index (κ2) is 8.83. The van der Waals surface area contributed by atoms with E-state index in [0.717, 1.165) is 10.5 Å². The molecule has 4 rings (SSSR count). The minimum Gasteiger partial charge on any atom is -0.494 e. The van der Waals surface area contributed by atoms with Gasteiger partial charge in [0.15, 0.2) is 0 Å². The molecule has 0 atom stereocenters. The lowest BCUT2D eigenvalue weighted by Crippen LogP contribution is -2.54. The molecule has 1 aliphatic rings. The number of hydrogen-bond donors (Lipinski definition) is 1. The normalized spacial score (nSPS) is 15.0. The fourth-order valence-corrected chi connectivity index (χ4v) is 3.65. The van der Waals surface area contributed by atoms with Crippen molar-refractivity contribution in [1.29, 1.82) is 0 Å². The topological polar surface area (TPSA) is 124 Å². The zero-order valence-electron chi connectivity index (χ0n) is 17.9. The van der Waals surface area contributed by atoms with E-state index in [1.54, 1.807) is 42.0 Å². The molecule has 2 aromatic carbocycles. The maximum atomic E-state index is 13.2. The van der Waals surface area contributed by atoms with Gasteiger partial charge in [-0.15, -0.1) is 0 Å². The summed E-state index contributed by atoms with van der Waals surface area (Å²) in [4.78, 5) is 49.6. The molecule has 0 unspecified atom stereocenters. The number of urea groups is 1. The standard InChI is InChI=1S/C23H17ClN4O6/c1-13-5-6-15(11-18(13)24)27-22(30)17(21(29)25-23(27)31)10-14-4-3-9-26(14)19-8-7-16(28(32)33)12-20(19)34-2/h3-12H,1-2H3,(H,25,29,31)/b17-10-. The van der Waals surface area contributed by atoms with Crippen LogP contribution in [0.15, 0.2) is 60.3 Å². The van der Waals surface area contributed by atoms with Crippen LogP contribution < -0.4 is 15.0 Å². The molecule has 1 N–H and O–H groups in total. The van der Waals surface area contributed by atoms with E-state index in [2.05, 4.69) is 5.32 Å². The van der Waals surface area contributed by atoms with Crippen molar-refractivity contribution in [2.24, 2.45) is 0 Å². The van der Waals surface area contributed by atoms with Crippen LogP contribution in [-0.2, 0) is 9.59 Å². The average molecular weight is 481 g/mol. The van der Waals surface area contributed by atoms with Crippen LogP contribution in [0, 0.1) is 17.0 Å². The van der Waals surface area contributed by atoms with Gasteiger partial charge in [0.1, 0.15) is 11.3 Å². The van der Waals surface area contributed by atoms with Crippen molar-refractivity contribution in [2.45, 2.75) is 6.92 Å². The van der Waals surface area contributed by atoms with Gasteiger partial charge in [0.05, 0.1) is 29.5 Å². The van der Waals surface area contributed by atoms with Crippen LogP contribution >= 0.6 is 11.6 Å². The SMILES string of the molecule is COc1cc([N+](=O)[O-])ccc1-n1cccc1/C=C1/C(=O)NC(=O)N(c2ccc(C)c(Cl)c2)C1=O. The number of barbiturate groups is 1. The van der Waals surface area contributed by atoms with Crippen molar-refractivity contribution in [3.63, 3.8) is 0 Å². The third-order valence-corrected chi connectivity index (χ3v) is 5.63. The molecule has 0 radical (unpaired) electrons. The molecule has 1 aromatic heterocycles. The average Bonchev–Trinajstić information content (AvgIpc) is 3.26. The Morgan fingerprint density at radius 1 is 1.12 bits per heavy atom. The van der Waals surface area contributed by atoms with Crippen LogP contribution in [0.3, 0.4) is 0 Å². The number of benzene rings is 2. The molecule has 0 bridgehead atoms. The van der Waals surface area contributed by atoms with Crippen LogP contribution in [0.4, 0.5) is 16.2 Å². The van der Waals surface area contributed by atoms with Crippen LogP contribution in [0.2, 0.25) is 5.02 Å². The number of non-ortho nitro benzene ring substituents is 1. The monoisotopic (exact) mass is 480 g/mol. The van der Waals surface area contributed by atoms with Crippen molar-refractivity contribution >= 4 is 46.9 Å². The summed E-state index contributed by atoms with van der Waals surface area (Å²) in [6.07, 6.45) is 2.97. The van der Waals surface area contributed by atoms with Gasteiger partial charge in [-0.05, 0) is 48.9 Å². The summed E-state index contributed by atoms with van der Waals surface area (Å²) >= 11 is 6.15. The van der Waals surface area contributed by atoms with Gasteiger partial charge in [-0.2, -0.15) is 0 Å². The molecule has 0 spiro atoms. The second-order valence-electron chi connectivity index (χ2n) is 7.31. The van der Waals surface area contributed by atoms with E-state index in [1.807, 2.05) is 0 Å². The molecule has 4 amide bonds. The number of amides is 4. The molecule has 2 heterocycles. The highest BCUT2D eigenvalue weighted by molar-refractivity contribution is 6.39. The number of ether oxygens (including phenoxy) is 1. The number of imide groups is 2. The molecular formula is C23H17ClN4O6. The van der Waals surface area contributed by atoms with Gasteiger partial charge in [0.25, 0.3) is 17.5 Å². The van der Waals surface area contributed by atoms with Crippen LogP contribution in [0.25, 0.3) is 11.8 Å². The van der Waals surface area contributed by atoms with Gasteiger partial charge >= 0.3 is 6.03 Å². The van der Waals surface area contributed by atoms with Gasteiger partial charge in [-0.25, -0.2) is 9.69 Å². The van der Waals surface area contributed by atoms with E-state index >= 15 is 0 Å². The van der Waals surface area contributed by atoms with Crippen LogP contribution in [0.5, 0.6) is 5.75 Å². The van der Waals surface area contributed by atoms with Crippen molar-refractivity contribution in [3.05, 3.63) is 86.7 Å². The van der Waals surface area contributed by atoms with Crippen LogP contribution in [0.1, 0.15) is 11.3 Å². The molecule has 0 aliphatic carbocycles. The minimum atomic E-state index is -0.889. The van der Waals surface area contributed by atoms with E-state index < -0.39 is 22.8 Å². The summed E-state index contributed by atoms with van der Waals surface area (Å²) in [7, 11) is 1.37. The first kappa shape index (κ1) is 22.7. The lowest BCUT2D eigenvalue weighted by Gasteiger charge is -2.26. The molecule has 10 nitrogen and oxygen atoms in total. The fourth-order valence-electron chi connectivity index (χ4n) is 3.47. The van der Waals surface area contributed by atoms with Crippen molar-refractivity contribution < 1.29 is 24.0 Å². The minimum absolute atomic E-state index is 0.152. The van der Waals surface area contributed by atoms with Crippen molar-refractivity contribution in [3.8, 4) is 11.4 Å². The fraction of sp³-hybridized carbons (Fsp3) is 0.0870. The second-order valence-corrected chi connectivity index (χ2v) is 7.71. The van der Waals surface area contributed by atoms with E-state index in [1.165, 1.54) is 37.5 Å². The smallest absolute Gasteiger partial charge is 0.335 e. The molecule has 11 heteroatoms. The number of rotatable bonds is 5. The number of nitrogens with zero attached hydrogens (tertiary/aromatic N) is 3. The number of anilines is 1. The first-order valence-electron chi connectivity index (χ1n) is 9.89. The highest BCUT2D eigenvalue weighted by Crippen LogP contribution is 2.31. The molecule has 34 heavy (non-hydrogen) atoms. The van der Waals surface area contributed by atoms with Gasteiger partial charge in [-0.1, -0.05) is 17.7 Å². The van der Waals surface area contributed by atoms with Crippen molar-refractivity contribution in [2.75, 3.05) is 12.0 Å². The maximum Gasteiger partial charge on any atom is 0.335 e. The Kier molecular flexibility index (Phi) is 5.91. The zero-order valence-corrected chi connectivity index (χ0v) is 18.7. The van der Waals surface area contributed by atoms with Gasteiger partial charge < -0.3 is 9.30 Å². The molecular weight excluding hydrogens is 464 g/mol. The summed E-state index contributed by atoms with van der Waals surface area (Å²) in [5.41, 5.74) is 1.40. The quantitative estimate of drug-likeness (QED) is 0.254. The number of hydrogen-bond acceptors (Lipinski definition) is 6. The van der Waals surface area contributed by atoms with E-state index in [9.17, 15) is 24.5 Å². The maximum absolute atomic E-state index is 13.2. The summed E-state index contributed by atoms with van der Waals surface area (Å²) in [5, 5.41) is 13.6. The Hall–Kier alpha value is -4.44. The highest BCUT2D eigenvalue weighted by Gasteiger charge is 2.37. The molecule has 1 fully saturated rings. The molecule has 0 saturated carbocycles. The Balaban J connectivity index is 1.77.